The zero-order valence-electron chi connectivity index (χ0n) is 9.50. The third kappa shape index (κ3) is 4.22. The van der Waals surface area contributed by atoms with E-state index in [-0.39, 0.29) is 16.0 Å². The normalized spacial score (nSPS) is 13.6. The van der Waals surface area contributed by atoms with Gasteiger partial charge in [-0.3, -0.25) is 0 Å². The van der Waals surface area contributed by atoms with Crippen LogP contribution in [0.1, 0.15) is 6.92 Å². The number of likely N-dealkylation sites (N-methyl/N-ethyl adjacent to an activating group) is 1. The molecule has 1 aromatic carbocycles. The standard InChI is InChI=1S/C10H14BrClN2O2S/c1-7(13-2)6-14-17(15,16)10-5-8(11)3-4-9(10)12/h3-5,7,13-14H,6H2,1-2H3. The van der Waals surface area contributed by atoms with Crippen molar-refractivity contribution in [3.63, 3.8) is 0 Å². The van der Waals surface area contributed by atoms with Crippen molar-refractivity contribution in [3.05, 3.63) is 27.7 Å². The average molecular weight is 342 g/mol. The third-order valence-corrected chi connectivity index (χ3v) is 4.65. The van der Waals surface area contributed by atoms with Crippen molar-refractivity contribution in [2.75, 3.05) is 13.6 Å². The van der Waals surface area contributed by atoms with Crippen LogP contribution in [0.25, 0.3) is 0 Å². The van der Waals surface area contributed by atoms with Gasteiger partial charge >= 0.3 is 0 Å². The van der Waals surface area contributed by atoms with Gasteiger partial charge in [-0.25, -0.2) is 13.1 Å². The lowest BCUT2D eigenvalue weighted by Gasteiger charge is -2.12. The summed E-state index contributed by atoms with van der Waals surface area (Å²) in [6, 6.07) is 4.77. The SMILES string of the molecule is CNC(C)CNS(=O)(=O)c1cc(Br)ccc1Cl. The Morgan fingerprint density at radius 3 is 2.71 bits per heavy atom. The van der Waals surface area contributed by atoms with E-state index in [0.29, 0.717) is 11.0 Å². The Bertz CT molecular complexity index is 493. The lowest BCUT2D eigenvalue weighted by atomic mass is 10.4. The summed E-state index contributed by atoms with van der Waals surface area (Å²) >= 11 is 9.09. The summed E-state index contributed by atoms with van der Waals surface area (Å²) in [5, 5.41) is 3.15. The van der Waals surface area contributed by atoms with E-state index in [1.54, 1.807) is 19.2 Å². The molecule has 7 heteroatoms. The van der Waals surface area contributed by atoms with Crippen LogP contribution in [0.3, 0.4) is 0 Å². The predicted octanol–water partition coefficient (Wildman–Crippen LogP) is 1.99. The molecule has 0 saturated carbocycles. The zero-order chi connectivity index (χ0) is 13.1. The summed E-state index contributed by atoms with van der Waals surface area (Å²) < 4.78 is 27.1. The second-order valence-corrected chi connectivity index (χ2v) is 6.67. The molecule has 0 amide bonds. The van der Waals surface area contributed by atoms with E-state index < -0.39 is 10.0 Å². The fraction of sp³-hybridized carbons (Fsp3) is 0.400. The van der Waals surface area contributed by atoms with Crippen LogP contribution in [0.5, 0.6) is 0 Å². The van der Waals surface area contributed by atoms with Gasteiger partial charge in [-0.2, -0.15) is 0 Å². The number of rotatable bonds is 5. The lowest BCUT2D eigenvalue weighted by Crippen LogP contribution is -2.37. The van der Waals surface area contributed by atoms with Crippen molar-refractivity contribution in [2.45, 2.75) is 17.9 Å². The third-order valence-electron chi connectivity index (χ3n) is 2.26. The molecule has 0 aliphatic carbocycles. The maximum atomic E-state index is 12.0. The molecule has 4 nitrogen and oxygen atoms in total. The molecule has 0 fully saturated rings. The quantitative estimate of drug-likeness (QED) is 0.861. The Morgan fingerprint density at radius 2 is 2.12 bits per heavy atom. The summed E-state index contributed by atoms with van der Waals surface area (Å²) in [5.74, 6) is 0. The number of hydrogen-bond donors (Lipinski definition) is 2. The highest BCUT2D eigenvalue weighted by Gasteiger charge is 2.18. The first-order chi connectivity index (χ1) is 7.86. The molecular formula is C10H14BrClN2O2S. The minimum atomic E-state index is -3.57. The molecule has 0 spiro atoms. The van der Waals surface area contributed by atoms with Crippen LogP contribution in [0.15, 0.2) is 27.6 Å². The number of nitrogens with one attached hydrogen (secondary N) is 2. The van der Waals surface area contributed by atoms with Gasteiger partial charge in [0.15, 0.2) is 0 Å². The fourth-order valence-electron chi connectivity index (χ4n) is 1.10. The van der Waals surface area contributed by atoms with Gasteiger partial charge in [-0.15, -0.1) is 0 Å². The zero-order valence-corrected chi connectivity index (χ0v) is 12.7. The van der Waals surface area contributed by atoms with Crippen molar-refractivity contribution < 1.29 is 8.42 Å². The largest absolute Gasteiger partial charge is 0.316 e. The maximum Gasteiger partial charge on any atom is 0.242 e. The molecule has 0 bridgehead atoms. The van der Waals surface area contributed by atoms with E-state index in [0.717, 1.165) is 0 Å². The Balaban J connectivity index is 2.93. The number of sulfonamides is 1. The van der Waals surface area contributed by atoms with Crippen LogP contribution >= 0.6 is 27.5 Å². The van der Waals surface area contributed by atoms with Gasteiger partial charge in [0.25, 0.3) is 0 Å². The molecular weight excluding hydrogens is 328 g/mol. The van der Waals surface area contributed by atoms with Crippen LogP contribution in [0.2, 0.25) is 5.02 Å². The van der Waals surface area contributed by atoms with Crippen molar-refractivity contribution >= 4 is 37.6 Å². The Kier molecular flexibility index (Phi) is 5.40. The molecule has 0 aromatic heterocycles. The Morgan fingerprint density at radius 1 is 1.47 bits per heavy atom. The molecule has 1 unspecified atom stereocenters. The molecule has 0 radical (unpaired) electrons. The number of halogens is 2. The molecule has 96 valence electrons. The topological polar surface area (TPSA) is 58.2 Å². The minimum Gasteiger partial charge on any atom is -0.316 e. The van der Waals surface area contributed by atoms with Gasteiger partial charge in [0.2, 0.25) is 10.0 Å². The van der Waals surface area contributed by atoms with Gasteiger partial charge in [0, 0.05) is 17.1 Å². The summed E-state index contributed by atoms with van der Waals surface area (Å²) in [6.45, 7) is 2.19. The van der Waals surface area contributed by atoms with E-state index in [9.17, 15) is 8.42 Å². The van der Waals surface area contributed by atoms with Gasteiger partial charge < -0.3 is 5.32 Å². The van der Waals surface area contributed by atoms with E-state index in [1.807, 2.05) is 6.92 Å². The predicted molar refractivity (Wildman–Crippen MR) is 72.9 cm³/mol. The van der Waals surface area contributed by atoms with Gasteiger partial charge in [0.1, 0.15) is 4.90 Å². The number of benzene rings is 1. The highest BCUT2D eigenvalue weighted by molar-refractivity contribution is 9.10. The first-order valence-corrected chi connectivity index (χ1v) is 7.64. The summed E-state index contributed by atoms with van der Waals surface area (Å²) in [5.41, 5.74) is 0. The molecule has 2 N–H and O–H groups in total. The highest BCUT2D eigenvalue weighted by atomic mass is 79.9. The smallest absolute Gasteiger partial charge is 0.242 e. The number of hydrogen-bond acceptors (Lipinski definition) is 3. The minimum absolute atomic E-state index is 0.0516. The molecule has 0 aliphatic rings. The Hall–Kier alpha value is -0.140. The highest BCUT2D eigenvalue weighted by Crippen LogP contribution is 2.24. The van der Waals surface area contributed by atoms with Gasteiger partial charge in [0.05, 0.1) is 5.02 Å². The van der Waals surface area contributed by atoms with E-state index in [4.69, 9.17) is 11.6 Å². The molecule has 0 saturated heterocycles. The maximum absolute atomic E-state index is 12.0. The fourth-order valence-corrected chi connectivity index (χ4v) is 3.26. The molecule has 1 atom stereocenters. The average Bonchev–Trinajstić information content (AvgIpc) is 2.29. The van der Waals surface area contributed by atoms with Crippen LogP contribution in [0.4, 0.5) is 0 Å². The molecule has 1 rings (SSSR count). The van der Waals surface area contributed by atoms with E-state index >= 15 is 0 Å². The molecule has 0 aliphatic heterocycles. The summed E-state index contributed by atoms with van der Waals surface area (Å²) in [7, 11) is -1.80. The van der Waals surface area contributed by atoms with Gasteiger partial charge in [-0.05, 0) is 32.2 Å². The molecule has 1 aromatic rings. The monoisotopic (exact) mass is 340 g/mol. The summed E-state index contributed by atoms with van der Waals surface area (Å²) in [6.07, 6.45) is 0. The first kappa shape index (κ1) is 14.9. The van der Waals surface area contributed by atoms with Crippen molar-refractivity contribution in [2.24, 2.45) is 0 Å². The van der Waals surface area contributed by atoms with Crippen LogP contribution < -0.4 is 10.0 Å². The second kappa shape index (κ2) is 6.15. The van der Waals surface area contributed by atoms with E-state index in [1.165, 1.54) is 6.07 Å². The van der Waals surface area contributed by atoms with Gasteiger partial charge in [-0.1, -0.05) is 27.5 Å². The van der Waals surface area contributed by atoms with Crippen molar-refractivity contribution in [1.82, 2.24) is 10.0 Å². The van der Waals surface area contributed by atoms with Crippen LogP contribution in [-0.4, -0.2) is 28.1 Å². The van der Waals surface area contributed by atoms with Crippen molar-refractivity contribution in [3.8, 4) is 0 Å². The van der Waals surface area contributed by atoms with E-state index in [2.05, 4.69) is 26.0 Å². The second-order valence-electron chi connectivity index (χ2n) is 3.62. The first-order valence-electron chi connectivity index (χ1n) is 4.99. The lowest BCUT2D eigenvalue weighted by molar-refractivity contribution is 0.554. The van der Waals surface area contributed by atoms with Crippen LogP contribution in [-0.2, 0) is 10.0 Å². The van der Waals surface area contributed by atoms with Crippen LogP contribution in [0, 0.1) is 0 Å². The molecule has 17 heavy (non-hydrogen) atoms. The van der Waals surface area contributed by atoms with Crippen molar-refractivity contribution in [1.29, 1.82) is 0 Å². The Labute approximate surface area is 115 Å². The molecule has 0 heterocycles. The summed E-state index contributed by atoms with van der Waals surface area (Å²) in [4.78, 5) is 0.0804.